The molecule has 0 unspecified atom stereocenters. The Hall–Kier alpha value is -3.19. The number of furan rings is 1. The first-order valence-electron chi connectivity index (χ1n) is 9.06. The predicted octanol–water partition coefficient (Wildman–Crippen LogP) is 3.91. The molecule has 1 aliphatic carbocycles. The maximum Gasteiger partial charge on any atom is 0.276 e. The number of benzene rings is 1. The Morgan fingerprint density at radius 2 is 1.85 bits per heavy atom. The number of nitrogens with two attached hydrogens (primary N) is 1. The highest BCUT2D eigenvalue weighted by molar-refractivity contribution is 5.63. The van der Waals surface area contributed by atoms with E-state index in [1.807, 2.05) is 48.5 Å². The standard InChI is InChI=1S/C20H19N5O2/c21-20(10-4-5-11-20)19-22-18(27-24-19)16-13-15(17-9-6-12-26-17)23-25(16)14-7-2-1-3-8-14/h1-3,6-9,12-13H,4-5,10-11,21H2. The summed E-state index contributed by atoms with van der Waals surface area (Å²) in [6, 6.07) is 15.4. The van der Waals surface area contributed by atoms with Crippen LogP contribution in [0.15, 0.2) is 63.7 Å². The van der Waals surface area contributed by atoms with Gasteiger partial charge in [-0.15, -0.1) is 0 Å². The van der Waals surface area contributed by atoms with E-state index in [0.717, 1.165) is 31.4 Å². The fourth-order valence-corrected chi connectivity index (χ4v) is 3.60. The predicted molar refractivity (Wildman–Crippen MR) is 98.9 cm³/mol. The molecule has 1 aliphatic rings. The van der Waals surface area contributed by atoms with Gasteiger partial charge in [0, 0.05) is 6.07 Å². The van der Waals surface area contributed by atoms with Crippen LogP contribution in [0.25, 0.3) is 28.7 Å². The first-order chi connectivity index (χ1) is 13.2. The summed E-state index contributed by atoms with van der Waals surface area (Å²) in [6.07, 6.45) is 5.55. The highest BCUT2D eigenvalue weighted by Gasteiger charge is 2.36. The van der Waals surface area contributed by atoms with Gasteiger partial charge in [-0.2, -0.15) is 10.1 Å². The van der Waals surface area contributed by atoms with E-state index in [4.69, 9.17) is 14.7 Å². The minimum atomic E-state index is -0.497. The minimum Gasteiger partial charge on any atom is -0.463 e. The van der Waals surface area contributed by atoms with Crippen molar-refractivity contribution in [1.82, 2.24) is 19.9 Å². The third-order valence-electron chi connectivity index (χ3n) is 5.07. The molecule has 0 amide bonds. The van der Waals surface area contributed by atoms with Crippen LogP contribution < -0.4 is 5.73 Å². The number of hydrogen-bond acceptors (Lipinski definition) is 6. The highest BCUT2D eigenvalue weighted by atomic mass is 16.5. The van der Waals surface area contributed by atoms with E-state index in [2.05, 4.69) is 15.2 Å². The third kappa shape index (κ3) is 2.76. The summed E-state index contributed by atoms with van der Waals surface area (Å²) < 4.78 is 12.9. The molecule has 0 spiro atoms. The van der Waals surface area contributed by atoms with Gasteiger partial charge in [0.05, 0.1) is 17.5 Å². The van der Waals surface area contributed by atoms with Crippen molar-refractivity contribution < 1.29 is 8.94 Å². The van der Waals surface area contributed by atoms with E-state index in [0.29, 0.717) is 28.9 Å². The van der Waals surface area contributed by atoms with Crippen molar-refractivity contribution in [2.45, 2.75) is 31.2 Å². The average Bonchev–Trinajstić information content (AvgIpc) is 3.47. The summed E-state index contributed by atoms with van der Waals surface area (Å²) in [4.78, 5) is 4.62. The molecule has 3 aromatic heterocycles. The number of aromatic nitrogens is 4. The second kappa shape index (κ2) is 6.21. The lowest BCUT2D eigenvalue weighted by molar-refractivity contribution is 0.372. The van der Waals surface area contributed by atoms with Crippen LogP contribution in [0.5, 0.6) is 0 Å². The Labute approximate surface area is 155 Å². The van der Waals surface area contributed by atoms with Crippen LogP contribution in [0.1, 0.15) is 31.5 Å². The number of rotatable bonds is 4. The van der Waals surface area contributed by atoms with Crippen molar-refractivity contribution in [3.63, 3.8) is 0 Å². The molecule has 1 aromatic carbocycles. The minimum absolute atomic E-state index is 0.399. The first-order valence-corrected chi connectivity index (χ1v) is 9.06. The summed E-state index contributed by atoms with van der Waals surface area (Å²) in [6.45, 7) is 0. The van der Waals surface area contributed by atoms with Gasteiger partial charge in [0.2, 0.25) is 0 Å². The highest BCUT2D eigenvalue weighted by Crippen LogP contribution is 2.36. The molecule has 136 valence electrons. The van der Waals surface area contributed by atoms with Gasteiger partial charge < -0.3 is 14.7 Å². The summed E-state index contributed by atoms with van der Waals surface area (Å²) in [5, 5.41) is 8.86. The van der Waals surface area contributed by atoms with E-state index in [1.165, 1.54) is 0 Å². The monoisotopic (exact) mass is 361 g/mol. The van der Waals surface area contributed by atoms with Gasteiger partial charge in [-0.25, -0.2) is 4.68 Å². The molecular weight excluding hydrogens is 342 g/mol. The van der Waals surface area contributed by atoms with Crippen LogP contribution >= 0.6 is 0 Å². The van der Waals surface area contributed by atoms with E-state index >= 15 is 0 Å². The van der Waals surface area contributed by atoms with Crippen molar-refractivity contribution in [3.05, 3.63) is 60.6 Å². The summed E-state index contributed by atoms with van der Waals surface area (Å²) >= 11 is 0. The van der Waals surface area contributed by atoms with Crippen LogP contribution in [-0.4, -0.2) is 19.9 Å². The molecular formula is C20H19N5O2. The molecule has 1 saturated carbocycles. The van der Waals surface area contributed by atoms with Crippen LogP contribution in [0, 0.1) is 0 Å². The fourth-order valence-electron chi connectivity index (χ4n) is 3.60. The van der Waals surface area contributed by atoms with Crippen molar-refractivity contribution in [1.29, 1.82) is 0 Å². The van der Waals surface area contributed by atoms with Crippen LogP contribution in [0.2, 0.25) is 0 Å². The zero-order valence-corrected chi connectivity index (χ0v) is 14.7. The topological polar surface area (TPSA) is 95.9 Å². The van der Waals surface area contributed by atoms with Gasteiger partial charge in [-0.1, -0.05) is 36.2 Å². The lowest BCUT2D eigenvalue weighted by Crippen LogP contribution is -2.34. The van der Waals surface area contributed by atoms with Gasteiger partial charge in [-0.05, 0) is 37.1 Å². The molecule has 2 N–H and O–H groups in total. The zero-order valence-electron chi connectivity index (χ0n) is 14.7. The van der Waals surface area contributed by atoms with Crippen LogP contribution in [0.4, 0.5) is 0 Å². The lowest BCUT2D eigenvalue weighted by Gasteiger charge is -2.17. The van der Waals surface area contributed by atoms with Gasteiger partial charge in [0.1, 0.15) is 11.4 Å². The molecule has 7 heteroatoms. The largest absolute Gasteiger partial charge is 0.463 e. The van der Waals surface area contributed by atoms with Crippen molar-refractivity contribution in [2.24, 2.45) is 5.73 Å². The van der Waals surface area contributed by atoms with Gasteiger partial charge in [0.25, 0.3) is 5.89 Å². The van der Waals surface area contributed by atoms with Crippen molar-refractivity contribution >= 4 is 0 Å². The summed E-state index contributed by atoms with van der Waals surface area (Å²) in [5.74, 6) is 1.64. The van der Waals surface area contributed by atoms with Gasteiger partial charge in [-0.3, -0.25) is 0 Å². The smallest absolute Gasteiger partial charge is 0.276 e. The maximum atomic E-state index is 6.48. The molecule has 0 radical (unpaired) electrons. The molecule has 3 heterocycles. The second-order valence-electron chi connectivity index (χ2n) is 6.93. The van der Waals surface area contributed by atoms with E-state index in [1.54, 1.807) is 10.9 Å². The molecule has 0 saturated heterocycles. The third-order valence-corrected chi connectivity index (χ3v) is 5.07. The fraction of sp³-hybridized carbons (Fsp3) is 0.250. The summed E-state index contributed by atoms with van der Waals surface area (Å²) in [5.41, 5.74) is 8.28. The Morgan fingerprint density at radius 3 is 2.59 bits per heavy atom. The zero-order chi connectivity index (χ0) is 18.3. The van der Waals surface area contributed by atoms with E-state index < -0.39 is 5.54 Å². The molecule has 0 bridgehead atoms. The van der Waals surface area contributed by atoms with Crippen molar-refractivity contribution in [2.75, 3.05) is 0 Å². The number of para-hydroxylation sites is 1. The maximum absolute atomic E-state index is 6.48. The number of nitrogens with zero attached hydrogens (tertiary/aromatic N) is 4. The molecule has 1 fully saturated rings. The number of hydrogen-bond donors (Lipinski definition) is 1. The first kappa shape index (κ1) is 16.0. The molecule has 0 aliphatic heterocycles. The molecule has 0 atom stereocenters. The quantitative estimate of drug-likeness (QED) is 0.592. The van der Waals surface area contributed by atoms with E-state index in [9.17, 15) is 0 Å². The van der Waals surface area contributed by atoms with Crippen LogP contribution in [-0.2, 0) is 5.54 Å². The normalized spacial score (nSPS) is 16.0. The van der Waals surface area contributed by atoms with Crippen LogP contribution in [0.3, 0.4) is 0 Å². The Bertz CT molecular complexity index is 1040. The Balaban J connectivity index is 1.62. The van der Waals surface area contributed by atoms with Gasteiger partial charge in [0.15, 0.2) is 11.6 Å². The van der Waals surface area contributed by atoms with E-state index in [-0.39, 0.29) is 0 Å². The molecule has 27 heavy (non-hydrogen) atoms. The lowest BCUT2D eigenvalue weighted by atomic mass is 9.99. The Kier molecular flexibility index (Phi) is 3.68. The van der Waals surface area contributed by atoms with Gasteiger partial charge >= 0.3 is 0 Å². The Morgan fingerprint density at radius 1 is 1.04 bits per heavy atom. The molecule has 7 nitrogen and oxygen atoms in total. The molecule has 4 aromatic rings. The summed E-state index contributed by atoms with van der Waals surface area (Å²) in [7, 11) is 0. The SMILES string of the molecule is NC1(c2noc(-c3cc(-c4ccco4)nn3-c3ccccc3)n2)CCCC1. The molecule has 5 rings (SSSR count). The van der Waals surface area contributed by atoms with Crippen molar-refractivity contribution in [3.8, 4) is 28.7 Å². The average molecular weight is 361 g/mol. The second-order valence-corrected chi connectivity index (χ2v) is 6.93.